The van der Waals surface area contributed by atoms with Gasteiger partial charge in [-0.1, -0.05) is 18.2 Å². The molecule has 1 aromatic heterocycles. The SMILES string of the molecule is O=C(NCc1ccc2c(c1)OCO2)N1CCC[C@@H]1c1nc2ccccc2[nH]1. The Hall–Kier alpha value is -3.22. The fraction of sp³-hybridized carbons (Fsp3) is 0.300. The first kappa shape index (κ1) is 16.0. The van der Waals surface area contributed by atoms with Crippen LogP contribution in [0.3, 0.4) is 0 Å². The molecule has 27 heavy (non-hydrogen) atoms. The Morgan fingerprint density at radius 2 is 2.11 bits per heavy atom. The molecule has 1 saturated heterocycles. The number of fused-ring (bicyclic) bond motifs is 2. The zero-order valence-corrected chi connectivity index (χ0v) is 14.8. The number of nitrogens with one attached hydrogen (secondary N) is 2. The summed E-state index contributed by atoms with van der Waals surface area (Å²) in [6.07, 6.45) is 1.89. The number of carbonyl (C=O) groups is 1. The number of likely N-dealkylation sites (tertiary alicyclic amines) is 1. The summed E-state index contributed by atoms with van der Waals surface area (Å²) in [6, 6.07) is 13.6. The predicted molar refractivity (Wildman–Crippen MR) is 99.6 cm³/mol. The number of hydrogen-bond acceptors (Lipinski definition) is 4. The zero-order valence-electron chi connectivity index (χ0n) is 14.8. The third kappa shape index (κ3) is 2.95. The molecule has 1 fully saturated rings. The Labute approximate surface area is 156 Å². The van der Waals surface area contributed by atoms with Gasteiger partial charge in [0.25, 0.3) is 0 Å². The number of rotatable bonds is 3. The Morgan fingerprint density at radius 1 is 1.22 bits per heavy atom. The highest BCUT2D eigenvalue weighted by molar-refractivity contribution is 5.77. The summed E-state index contributed by atoms with van der Waals surface area (Å²) < 4.78 is 10.7. The molecule has 0 aliphatic carbocycles. The summed E-state index contributed by atoms with van der Waals surface area (Å²) in [5, 5.41) is 3.01. The summed E-state index contributed by atoms with van der Waals surface area (Å²) >= 11 is 0. The van der Waals surface area contributed by atoms with Gasteiger partial charge in [0.15, 0.2) is 11.5 Å². The van der Waals surface area contributed by atoms with Crippen molar-refractivity contribution in [1.29, 1.82) is 0 Å². The lowest BCUT2D eigenvalue weighted by Crippen LogP contribution is -2.39. The molecule has 0 unspecified atom stereocenters. The Balaban J connectivity index is 1.29. The maximum absolute atomic E-state index is 12.8. The molecular formula is C20H20N4O3. The van der Waals surface area contributed by atoms with Gasteiger partial charge in [-0.25, -0.2) is 9.78 Å². The van der Waals surface area contributed by atoms with Crippen molar-refractivity contribution in [3.05, 3.63) is 53.9 Å². The molecule has 7 nitrogen and oxygen atoms in total. The molecule has 0 saturated carbocycles. The predicted octanol–water partition coefficient (Wildman–Crippen LogP) is 3.34. The number of nitrogens with zero attached hydrogens (tertiary/aromatic N) is 2. The first-order valence-electron chi connectivity index (χ1n) is 9.15. The molecule has 3 aromatic rings. The highest BCUT2D eigenvalue weighted by Gasteiger charge is 2.32. The molecule has 0 spiro atoms. The zero-order chi connectivity index (χ0) is 18.2. The number of imidazole rings is 1. The molecule has 2 amide bonds. The number of H-pyrrole nitrogens is 1. The third-order valence-corrected chi connectivity index (χ3v) is 5.12. The average molecular weight is 364 g/mol. The Morgan fingerprint density at radius 3 is 3.04 bits per heavy atom. The van der Waals surface area contributed by atoms with E-state index in [1.165, 1.54) is 0 Å². The van der Waals surface area contributed by atoms with E-state index >= 15 is 0 Å². The van der Waals surface area contributed by atoms with Gasteiger partial charge in [0.1, 0.15) is 5.82 Å². The number of aromatic amines is 1. The van der Waals surface area contributed by atoms with Crippen molar-refractivity contribution in [1.82, 2.24) is 20.2 Å². The van der Waals surface area contributed by atoms with Crippen LogP contribution in [0.15, 0.2) is 42.5 Å². The standard InChI is InChI=1S/C20H20N4O3/c25-20(21-11-13-7-8-17-18(10-13)27-12-26-17)24-9-3-6-16(24)19-22-14-4-1-2-5-15(14)23-19/h1-2,4-5,7-8,10,16H,3,6,9,11-12H2,(H,21,25)(H,22,23)/t16-/m1/s1. The van der Waals surface area contributed by atoms with E-state index in [9.17, 15) is 4.79 Å². The van der Waals surface area contributed by atoms with Crippen LogP contribution in [0.25, 0.3) is 11.0 Å². The number of amides is 2. The fourth-order valence-electron chi connectivity index (χ4n) is 3.75. The lowest BCUT2D eigenvalue weighted by Gasteiger charge is -2.23. The molecule has 2 aliphatic heterocycles. The summed E-state index contributed by atoms with van der Waals surface area (Å²) in [6.45, 7) is 1.42. The molecule has 2 aliphatic rings. The number of ether oxygens (including phenoxy) is 2. The van der Waals surface area contributed by atoms with Crippen LogP contribution >= 0.6 is 0 Å². The number of aromatic nitrogens is 2. The number of benzene rings is 2. The van der Waals surface area contributed by atoms with Crippen LogP contribution in [0.2, 0.25) is 0 Å². The molecule has 5 rings (SSSR count). The van der Waals surface area contributed by atoms with Crippen molar-refractivity contribution in [2.75, 3.05) is 13.3 Å². The van der Waals surface area contributed by atoms with E-state index in [0.717, 1.165) is 53.3 Å². The highest BCUT2D eigenvalue weighted by atomic mass is 16.7. The van der Waals surface area contributed by atoms with Gasteiger partial charge in [-0.3, -0.25) is 0 Å². The number of carbonyl (C=O) groups excluding carboxylic acids is 1. The van der Waals surface area contributed by atoms with Crippen LogP contribution in [0.5, 0.6) is 11.5 Å². The molecule has 7 heteroatoms. The summed E-state index contributed by atoms with van der Waals surface area (Å²) in [4.78, 5) is 22.7. The fourth-order valence-corrected chi connectivity index (χ4v) is 3.75. The summed E-state index contributed by atoms with van der Waals surface area (Å²) in [7, 11) is 0. The lowest BCUT2D eigenvalue weighted by molar-refractivity contribution is 0.174. The molecule has 1 atom stereocenters. The van der Waals surface area contributed by atoms with Gasteiger partial charge >= 0.3 is 6.03 Å². The van der Waals surface area contributed by atoms with E-state index in [2.05, 4.69) is 15.3 Å². The van der Waals surface area contributed by atoms with Crippen molar-refractivity contribution in [2.45, 2.75) is 25.4 Å². The van der Waals surface area contributed by atoms with E-state index in [4.69, 9.17) is 9.47 Å². The van der Waals surface area contributed by atoms with Crippen molar-refractivity contribution in [2.24, 2.45) is 0 Å². The molecule has 3 heterocycles. The van der Waals surface area contributed by atoms with Crippen LogP contribution < -0.4 is 14.8 Å². The van der Waals surface area contributed by atoms with Crippen molar-refractivity contribution >= 4 is 17.1 Å². The quantitative estimate of drug-likeness (QED) is 0.747. The molecule has 0 radical (unpaired) electrons. The van der Waals surface area contributed by atoms with Crippen LogP contribution in [-0.4, -0.2) is 34.2 Å². The van der Waals surface area contributed by atoms with Gasteiger partial charge in [0.05, 0.1) is 17.1 Å². The second-order valence-corrected chi connectivity index (χ2v) is 6.84. The third-order valence-electron chi connectivity index (χ3n) is 5.12. The smallest absolute Gasteiger partial charge is 0.318 e. The lowest BCUT2D eigenvalue weighted by atomic mass is 10.2. The van der Waals surface area contributed by atoms with E-state index in [0.29, 0.717) is 6.54 Å². The number of urea groups is 1. The van der Waals surface area contributed by atoms with E-state index in [-0.39, 0.29) is 18.9 Å². The van der Waals surface area contributed by atoms with Crippen LogP contribution in [0.4, 0.5) is 4.79 Å². The van der Waals surface area contributed by atoms with Crippen LogP contribution in [0, 0.1) is 0 Å². The second-order valence-electron chi connectivity index (χ2n) is 6.84. The molecule has 2 N–H and O–H groups in total. The van der Waals surface area contributed by atoms with Crippen LogP contribution in [-0.2, 0) is 6.54 Å². The first-order chi connectivity index (χ1) is 13.3. The number of hydrogen-bond donors (Lipinski definition) is 2. The van der Waals surface area contributed by atoms with Gasteiger partial charge in [-0.2, -0.15) is 0 Å². The maximum atomic E-state index is 12.8. The minimum absolute atomic E-state index is 0.0193. The number of para-hydroxylation sites is 2. The topological polar surface area (TPSA) is 79.5 Å². The van der Waals surface area contributed by atoms with Gasteiger partial charge in [0.2, 0.25) is 6.79 Å². The molecule has 0 bridgehead atoms. The maximum Gasteiger partial charge on any atom is 0.318 e. The van der Waals surface area contributed by atoms with Crippen molar-refractivity contribution in [3.8, 4) is 11.5 Å². The molecular weight excluding hydrogens is 344 g/mol. The van der Waals surface area contributed by atoms with E-state index < -0.39 is 0 Å². The highest BCUT2D eigenvalue weighted by Crippen LogP contribution is 2.33. The first-order valence-corrected chi connectivity index (χ1v) is 9.15. The normalized spacial score (nSPS) is 18.2. The van der Waals surface area contributed by atoms with Gasteiger partial charge in [0, 0.05) is 13.1 Å². The van der Waals surface area contributed by atoms with Crippen molar-refractivity contribution in [3.63, 3.8) is 0 Å². The summed E-state index contributed by atoms with van der Waals surface area (Å²) in [5.41, 5.74) is 2.91. The molecule has 138 valence electrons. The minimum atomic E-state index is -0.0735. The second kappa shape index (κ2) is 6.50. The van der Waals surface area contributed by atoms with E-state index in [1.807, 2.05) is 47.4 Å². The van der Waals surface area contributed by atoms with Crippen molar-refractivity contribution < 1.29 is 14.3 Å². The minimum Gasteiger partial charge on any atom is -0.454 e. The average Bonchev–Trinajstić information content (AvgIpc) is 3.43. The largest absolute Gasteiger partial charge is 0.454 e. The van der Waals surface area contributed by atoms with Crippen LogP contribution in [0.1, 0.15) is 30.3 Å². The van der Waals surface area contributed by atoms with Gasteiger partial charge < -0.3 is 24.7 Å². The Kier molecular flexibility index (Phi) is 3.85. The van der Waals surface area contributed by atoms with Gasteiger partial charge in [-0.05, 0) is 42.7 Å². The van der Waals surface area contributed by atoms with E-state index in [1.54, 1.807) is 0 Å². The molecule has 2 aromatic carbocycles. The Bertz CT molecular complexity index is 967. The van der Waals surface area contributed by atoms with Gasteiger partial charge in [-0.15, -0.1) is 0 Å². The monoisotopic (exact) mass is 364 g/mol. The summed E-state index contributed by atoms with van der Waals surface area (Å²) in [5.74, 6) is 2.32.